The Morgan fingerprint density at radius 3 is 1.93 bits per heavy atom. The van der Waals surface area contributed by atoms with Gasteiger partial charge in [0.1, 0.15) is 23.3 Å². The number of rotatable bonds is 10. The van der Waals surface area contributed by atoms with Gasteiger partial charge in [-0.1, -0.05) is 0 Å². The second-order valence-electron chi connectivity index (χ2n) is 16.5. The molecule has 0 aliphatic carbocycles. The molecule has 4 aromatic rings. The van der Waals surface area contributed by atoms with Crippen molar-refractivity contribution in [2.75, 3.05) is 72.8 Å². The molecule has 0 radical (unpaired) electrons. The van der Waals surface area contributed by atoms with E-state index in [1.165, 1.54) is 6.42 Å². The molecule has 0 aromatic carbocycles. The summed E-state index contributed by atoms with van der Waals surface area (Å²) in [4.78, 5) is 34.8. The van der Waals surface area contributed by atoms with E-state index >= 15 is 4.39 Å². The van der Waals surface area contributed by atoms with Crippen molar-refractivity contribution < 1.29 is 17.6 Å². The van der Waals surface area contributed by atoms with Crippen molar-refractivity contribution in [3.8, 4) is 0 Å². The van der Waals surface area contributed by atoms with Gasteiger partial charge in [0, 0.05) is 81.2 Å². The second-order valence-corrected chi connectivity index (χ2v) is 16.5. The minimum atomic E-state index is -4.51. The van der Waals surface area contributed by atoms with Crippen molar-refractivity contribution in [2.45, 2.75) is 95.8 Å². The Morgan fingerprint density at radius 1 is 0.712 bits per heavy atom. The minimum Gasteiger partial charge on any atom is -0.375 e. The molecule has 59 heavy (non-hydrogen) atoms. The lowest BCUT2D eigenvalue weighted by atomic mass is 9.90. The third-order valence-electron chi connectivity index (χ3n) is 12.5. The number of anilines is 6. The fourth-order valence-electron chi connectivity index (χ4n) is 8.81. The Labute approximate surface area is 343 Å². The quantitative estimate of drug-likeness (QED) is 0.133. The van der Waals surface area contributed by atoms with Crippen LogP contribution in [0.25, 0.3) is 0 Å². The van der Waals surface area contributed by atoms with Crippen LogP contribution in [0.5, 0.6) is 0 Å². The van der Waals surface area contributed by atoms with Crippen LogP contribution in [0.1, 0.15) is 99.6 Å². The number of nitrogens with one attached hydrogen (secondary N) is 3. The average Bonchev–Trinajstić information content (AvgIpc) is 3.66. The SMILES string of the molecule is C/C(=C(\C)C1(F)CCN(c2nc(Nc3cc(C(F)(F)F)ccn3)cc(C3CCNCC3)n2)C1)N1CCC(c2cc(Nc3cc(C)ccn3)nc(N3CCCCC3)n2)CC1. The van der Waals surface area contributed by atoms with E-state index in [0.717, 1.165) is 136 Å². The summed E-state index contributed by atoms with van der Waals surface area (Å²) in [5.74, 6) is 3.36. The van der Waals surface area contributed by atoms with E-state index in [1.54, 1.807) is 12.3 Å². The van der Waals surface area contributed by atoms with Crippen LogP contribution in [0.2, 0.25) is 0 Å². The first-order chi connectivity index (χ1) is 28.4. The van der Waals surface area contributed by atoms with Crippen molar-refractivity contribution in [1.82, 2.24) is 40.1 Å². The number of hydrogen-bond donors (Lipinski definition) is 3. The summed E-state index contributed by atoms with van der Waals surface area (Å²) < 4.78 is 57.6. The topological polar surface area (TPSA) is 123 Å². The summed E-state index contributed by atoms with van der Waals surface area (Å²) in [7, 11) is 0. The molecular weight excluding hydrogens is 761 g/mol. The van der Waals surface area contributed by atoms with Crippen molar-refractivity contribution in [2.24, 2.45) is 0 Å². The van der Waals surface area contributed by atoms with E-state index in [2.05, 4.69) is 41.8 Å². The first-order valence-electron chi connectivity index (χ1n) is 21.0. The summed E-state index contributed by atoms with van der Waals surface area (Å²) in [6.45, 7) is 11.6. The number of likely N-dealkylation sites (tertiary alicyclic amines) is 1. The molecule has 1 unspecified atom stereocenters. The van der Waals surface area contributed by atoms with Gasteiger partial charge in [0.15, 0.2) is 5.67 Å². The van der Waals surface area contributed by atoms with Gasteiger partial charge in [-0.2, -0.15) is 23.1 Å². The van der Waals surface area contributed by atoms with Crippen LogP contribution in [0.3, 0.4) is 0 Å². The summed E-state index contributed by atoms with van der Waals surface area (Å²) >= 11 is 0. The molecule has 1 atom stereocenters. The highest BCUT2D eigenvalue weighted by Crippen LogP contribution is 2.40. The van der Waals surface area contributed by atoms with E-state index in [4.69, 9.17) is 19.9 Å². The van der Waals surface area contributed by atoms with Gasteiger partial charge in [0.25, 0.3) is 0 Å². The van der Waals surface area contributed by atoms with Crippen molar-refractivity contribution in [3.05, 3.63) is 82.6 Å². The highest BCUT2D eigenvalue weighted by Gasteiger charge is 2.43. The number of pyridine rings is 2. The van der Waals surface area contributed by atoms with Crippen LogP contribution in [0, 0.1) is 6.92 Å². The molecule has 4 aromatic heterocycles. The minimum absolute atomic E-state index is 0.0268. The molecule has 0 saturated carbocycles. The molecule has 0 bridgehead atoms. The highest BCUT2D eigenvalue weighted by molar-refractivity contribution is 5.57. The summed E-state index contributed by atoms with van der Waals surface area (Å²) in [5.41, 5.74) is 2.16. The molecule has 12 nitrogen and oxygen atoms in total. The smallest absolute Gasteiger partial charge is 0.375 e. The summed E-state index contributed by atoms with van der Waals surface area (Å²) in [6, 6.07) is 9.73. The molecule has 8 heterocycles. The zero-order valence-electron chi connectivity index (χ0n) is 34.1. The van der Waals surface area contributed by atoms with E-state index in [-0.39, 0.29) is 30.6 Å². The van der Waals surface area contributed by atoms with Crippen LogP contribution in [0.15, 0.2) is 60.1 Å². The molecule has 4 aliphatic heterocycles. The van der Waals surface area contributed by atoms with Crippen LogP contribution in [-0.4, -0.2) is 92.8 Å². The number of hydrogen-bond acceptors (Lipinski definition) is 12. The van der Waals surface area contributed by atoms with Gasteiger partial charge in [-0.25, -0.2) is 24.3 Å². The van der Waals surface area contributed by atoms with E-state index in [1.807, 2.05) is 37.8 Å². The molecule has 0 amide bonds. The largest absolute Gasteiger partial charge is 0.416 e. The first kappa shape index (κ1) is 40.7. The lowest BCUT2D eigenvalue weighted by Gasteiger charge is -2.37. The number of alkyl halides is 4. The van der Waals surface area contributed by atoms with Crippen molar-refractivity contribution >= 4 is 35.2 Å². The fourth-order valence-corrected chi connectivity index (χ4v) is 8.81. The number of allylic oxidation sites excluding steroid dienone is 1. The molecule has 3 N–H and O–H groups in total. The molecule has 314 valence electrons. The Balaban J connectivity index is 0.975. The fraction of sp³-hybridized carbons (Fsp3) is 0.535. The Bertz CT molecular complexity index is 2130. The maximum Gasteiger partial charge on any atom is 0.416 e. The predicted molar refractivity (Wildman–Crippen MR) is 222 cm³/mol. The van der Waals surface area contributed by atoms with Crippen LogP contribution in [-0.2, 0) is 6.18 Å². The number of aromatic nitrogens is 6. The second kappa shape index (κ2) is 17.2. The van der Waals surface area contributed by atoms with Gasteiger partial charge >= 0.3 is 6.18 Å². The zero-order chi connectivity index (χ0) is 41.1. The van der Waals surface area contributed by atoms with Gasteiger partial charge in [-0.3, -0.25) is 0 Å². The predicted octanol–water partition coefficient (Wildman–Crippen LogP) is 8.42. The van der Waals surface area contributed by atoms with E-state index < -0.39 is 17.4 Å². The Hall–Kier alpha value is -5.12. The number of nitrogens with zero attached hydrogens (tertiary/aromatic N) is 9. The summed E-state index contributed by atoms with van der Waals surface area (Å²) in [5, 5.41) is 9.78. The van der Waals surface area contributed by atoms with Crippen molar-refractivity contribution in [3.63, 3.8) is 0 Å². The lowest BCUT2D eigenvalue weighted by Crippen LogP contribution is -2.37. The third kappa shape index (κ3) is 9.53. The maximum atomic E-state index is 17.2. The zero-order valence-corrected chi connectivity index (χ0v) is 34.1. The summed E-state index contributed by atoms with van der Waals surface area (Å²) in [6.07, 6.45) is 5.65. The van der Waals surface area contributed by atoms with E-state index in [9.17, 15) is 13.2 Å². The number of aryl methyl sites for hydroxylation is 1. The van der Waals surface area contributed by atoms with Gasteiger partial charge in [-0.05, 0) is 114 Å². The standard InChI is InChI=1S/C43H54F4N12/c1-28-7-16-49-36(23-28)53-38-26-35(51-40(55-38)58-18-5-4-6-19-58)32-11-20-57(21-12-32)30(3)29(2)42(44)13-22-59(27-42)41-52-34(31-8-14-48-15-9-31)25-39(56-41)54-37-24-33(10-17-50-37)43(45,46)47/h7,10,16-17,23-26,31-32,48H,4-6,8-9,11-15,18-22,27H2,1-3H3,(H,49,51,53,55)(H,50,52,54,56)/b30-29-. The van der Waals surface area contributed by atoms with Gasteiger partial charge in [-0.15, -0.1) is 0 Å². The molecule has 0 spiro atoms. The average molecular weight is 815 g/mol. The first-order valence-corrected chi connectivity index (χ1v) is 21.0. The Morgan fingerprint density at radius 2 is 1.31 bits per heavy atom. The number of piperidine rings is 3. The Kier molecular flexibility index (Phi) is 11.9. The third-order valence-corrected chi connectivity index (χ3v) is 12.5. The van der Waals surface area contributed by atoms with Gasteiger partial charge in [0.05, 0.1) is 23.5 Å². The molecule has 4 aliphatic rings. The van der Waals surface area contributed by atoms with Gasteiger partial charge in [0.2, 0.25) is 11.9 Å². The highest BCUT2D eigenvalue weighted by atomic mass is 19.4. The normalized spacial score (nSPS) is 21.4. The monoisotopic (exact) mass is 814 g/mol. The van der Waals surface area contributed by atoms with Gasteiger partial charge < -0.3 is 30.7 Å². The van der Waals surface area contributed by atoms with Crippen LogP contribution < -0.4 is 25.8 Å². The maximum absolute atomic E-state index is 17.2. The lowest BCUT2D eigenvalue weighted by molar-refractivity contribution is -0.137. The van der Waals surface area contributed by atoms with Crippen molar-refractivity contribution in [1.29, 1.82) is 0 Å². The van der Waals surface area contributed by atoms with E-state index in [0.29, 0.717) is 23.9 Å². The molecule has 4 saturated heterocycles. The molecule has 16 heteroatoms. The van der Waals surface area contributed by atoms with Crippen LogP contribution >= 0.6 is 0 Å². The van der Waals surface area contributed by atoms with Crippen LogP contribution in [0.4, 0.5) is 52.7 Å². The number of halogens is 4. The molecule has 8 rings (SSSR count). The molecule has 4 fully saturated rings. The molecular formula is C43H54F4N12.